The average molecular weight is 238 g/mol. The zero-order chi connectivity index (χ0) is 4.12. The lowest BCUT2D eigenvalue weighted by Crippen LogP contribution is -1.21. The van der Waals surface area contributed by atoms with Crippen molar-refractivity contribution in [2.24, 2.45) is 0 Å². The fourth-order valence-corrected chi connectivity index (χ4v) is 4.66. The van der Waals surface area contributed by atoms with E-state index in [0.717, 1.165) is 0 Å². The van der Waals surface area contributed by atoms with Crippen molar-refractivity contribution >= 4 is 49.8 Å². The van der Waals surface area contributed by atoms with Crippen molar-refractivity contribution in [1.29, 1.82) is 0 Å². The summed E-state index contributed by atoms with van der Waals surface area (Å²) in [6, 6.07) is 0. The Labute approximate surface area is 55.6 Å². The summed E-state index contributed by atoms with van der Waals surface area (Å²) in [5.41, 5.74) is 0. The normalized spacial score (nSPS) is 8.40. The predicted molar refractivity (Wildman–Crippen MR) is 42.7 cm³/mol. The lowest BCUT2D eigenvalue weighted by atomic mass is 12.0. The van der Waals surface area contributed by atoms with Gasteiger partial charge in [0.1, 0.15) is 0 Å². The Morgan fingerprint density at radius 1 is 1.60 bits per heavy atom. The first-order valence-corrected chi connectivity index (χ1v) is 7.33. The summed E-state index contributed by atoms with van der Waals surface area (Å²) in [5, 5.41) is 0. The van der Waals surface area contributed by atoms with E-state index < -0.39 is 0 Å². The highest BCUT2D eigenvalue weighted by Crippen LogP contribution is 2.37. The van der Waals surface area contributed by atoms with Crippen LogP contribution in [0.4, 0.5) is 0 Å². The third kappa shape index (κ3) is 5.78. The van der Waals surface area contributed by atoms with Gasteiger partial charge in [-0.15, -0.1) is 0 Å². The molecular weight excluding hydrogens is 235 g/mol. The van der Waals surface area contributed by atoms with Crippen LogP contribution in [0.15, 0.2) is 0 Å². The highest BCUT2D eigenvalue weighted by molar-refractivity contribution is 14.2. The molecule has 0 fully saturated rings. The van der Waals surface area contributed by atoms with Crippen LogP contribution < -0.4 is 0 Å². The maximum atomic E-state index is 2.25. The van der Waals surface area contributed by atoms with Crippen LogP contribution in [0.25, 0.3) is 0 Å². The zero-order valence-corrected chi connectivity index (χ0v) is 7.21. The summed E-state index contributed by atoms with van der Waals surface area (Å²) in [6.07, 6.45) is 2.07. The van der Waals surface area contributed by atoms with Crippen LogP contribution in [0.2, 0.25) is 0 Å². The Morgan fingerprint density at radius 2 is 2.20 bits per heavy atom. The van der Waals surface area contributed by atoms with E-state index in [1.807, 2.05) is 0 Å². The first kappa shape index (κ1) is 6.78. The van der Waals surface area contributed by atoms with Gasteiger partial charge in [0, 0.05) is 21.2 Å². The summed E-state index contributed by atoms with van der Waals surface area (Å²) in [6.45, 7) is 0. The topological polar surface area (TPSA) is 0 Å². The van der Waals surface area contributed by atoms with Crippen molar-refractivity contribution < 1.29 is 0 Å². The number of rotatable bonds is 2. The molecule has 0 aliphatic rings. The second-order valence-corrected chi connectivity index (χ2v) is 7.14. The van der Waals surface area contributed by atoms with Gasteiger partial charge in [0.25, 0.3) is 0 Å². The number of halogens is 1. The van der Waals surface area contributed by atoms with Crippen LogP contribution in [0, 0.1) is 0 Å². The molecule has 0 saturated heterocycles. The Bertz CT molecular complexity index is 14.4. The van der Waals surface area contributed by atoms with Gasteiger partial charge in [0.15, 0.2) is 0 Å². The van der Waals surface area contributed by atoms with Crippen LogP contribution in [0.5, 0.6) is 0 Å². The molecule has 5 heavy (non-hydrogen) atoms. The van der Waals surface area contributed by atoms with Gasteiger partial charge in [-0.05, 0) is 24.0 Å². The Hall–Kier alpha value is 1.78. The molecule has 0 rings (SSSR count). The molecule has 4 heteroatoms. The Kier molecular flexibility index (Phi) is 7.84. The van der Waals surface area contributed by atoms with E-state index >= 15 is 0 Å². The van der Waals surface area contributed by atoms with Crippen molar-refractivity contribution in [3.63, 3.8) is 0 Å². The molecule has 0 bridgehead atoms. The van der Waals surface area contributed by atoms with Crippen LogP contribution in [0.1, 0.15) is 0 Å². The monoisotopic (exact) mass is 238 g/mol. The first-order valence-electron chi connectivity index (χ1n) is 0.896. The highest BCUT2D eigenvalue weighted by atomic mass is 127. The van der Waals surface area contributed by atoms with Gasteiger partial charge in [-0.1, -0.05) is 10.8 Å². The van der Waals surface area contributed by atoms with Gasteiger partial charge in [-0.25, -0.2) is 0 Å². The van der Waals surface area contributed by atoms with Crippen LogP contribution in [-0.4, -0.2) is 6.26 Å². The second kappa shape index (κ2) is 5.78. The first-order chi connectivity index (χ1) is 2.41. The van der Waals surface area contributed by atoms with Crippen molar-refractivity contribution in [2.45, 2.75) is 0 Å². The lowest BCUT2D eigenvalue weighted by Gasteiger charge is -1.76. The van der Waals surface area contributed by atoms with E-state index in [4.69, 9.17) is 0 Å². The number of hydrogen-bond donors (Lipinski definition) is 0. The quantitative estimate of drug-likeness (QED) is 0.536. The van der Waals surface area contributed by atoms with Crippen molar-refractivity contribution in [3.05, 3.63) is 0 Å². The molecule has 32 valence electrons. The minimum absolute atomic E-state index is 1.75. The molecule has 0 aromatic carbocycles. The standard InChI is InChI=1S/CH3IS3/c1-3-5-4-2/h1H3. The summed E-state index contributed by atoms with van der Waals surface area (Å²) in [5.74, 6) is 0. The molecule has 0 N–H and O–H groups in total. The smallest absolute Gasteiger partial charge is 0.00944 e. The fraction of sp³-hybridized carbons (Fsp3) is 1.00. The molecule has 0 atom stereocenters. The largest absolute Gasteiger partial charge is 0.0852 e. The second-order valence-electron chi connectivity index (χ2n) is 0.298. The number of hydrogen-bond acceptors (Lipinski definition) is 3. The maximum absolute atomic E-state index is 2.25. The third-order valence-electron chi connectivity index (χ3n) is 0.0938. The minimum Gasteiger partial charge on any atom is -0.0852 e. The molecule has 0 aliphatic carbocycles. The molecular formula is CH3IS3. The van der Waals surface area contributed by atoms with Gasteiger partial charge in [-0.2, -0.15) is 0 Å². The summed E-state index contributed by atoms with van der Waals surface area (Å²) >= 11 is 2.25. The molecule has 0 unspecified atom stereocenters. The molecule has 0 saturated carbocycles. The van der Waals surface area contributed by atoms with Crippen LogP contribution >= 0.6 is 49.8 Å². The summed E-state index contributed by atoms with van der Waals surface area (Å²) < 4.78 is 0. The SMILES string of the molecule is CSSSI. The minimum atomic E-state index is 1.75. The van der Waals surface area contributed by atoms with Gasteiger partial charge in [0.2, 0.25) is 0 Å². The molecule has 0 amide bonds. The van der Waals surface area contributed by atoms with Crippen molar-refractivity contribution in [2.75, 3.05) is 6.26 Å². The van der Waals surface area contributed by atoms with Gasteiger partial charge >= 0.3 is 0 Å². The van der Waals surface area contributed by atoms with E-state index in [0.29, 0.717) is 0 Å². The average Bonchev–Trinajstić information content (AvgIpc) is 1.41. The van der Waals surface area contributed by atoms with Gasteiger partial charge < -0.3 is 0 Å². The predicted octanol–water partition coefficient (Wildman–Crippen LogP) is 3.00. The molecule has 0 aliphatic heterocycles. The molecule has 0 aromatic rings. The van der Waals surface area contributed by atoms with E-state index in [2.05, 4.69) is 27.5 Å². The van der Waals surface area contributed by atoms with E-state index in [1.54, 1.807) is 28.6 Å². The van der Waals surface area contributed by atoms with Crippen LogP contribution in [0.3, 0.4) is 0 Å². The molecule has 0 heterocycles. The maximum Gasteiger partial charge on any atom is 0.00944 e. The lowest BCUT2D eigenvalue weighted by molar-refractivity contribution is 2.55. The summed E-state index contributed by atoms with van der Waals surface area (Å²) in [4.78, 5) is 0. The molecule has 0 radical (unpaired) electrons. The zero-order valence-electron chi connectivity index (χ0n) is 2.60. The highest BCUT2D eigenvalue weighted by Gasteiger charge is 1.71. The fourth-order valence-electron chi connectivity index (χ4n) is 0.0257. The van der Waals surface area contributed by atoms with Gasteiger partial charge in [-0.3, -0.25) is 0 Å². The van der Waals surface area contributed by atoms with E-state index in [9.17, 15) is 0 Å². The molecule has 0 nitrogen and oxygen atoms in total. The molecule has 0 aromatic heterocycles. The van der Waals surface area contributed by atoms with Crippen LogP contribution in [-0.2, 0) is 0 Å². The van der Waals surface area contributed by atoms with Crippen molar-refractivity contribution in [1.82, 2.24) is 0 Å². The Morgan fingerprint density at radius 3 is 2.20 bits per heavy atom. The van der Waals surface area contributed by atoms with E-state index in [1.165, 1.54) is 0 Å². The summed E-state index contributed by atoms with van der Waals surface area (Å²) in [7, 11) is 5.31. The molecule has 0 spiro atoms. The Balaban J connectivity index is 2.19. The van der Waals surface area contributed by atoms with E-state index in [-0.39, 0.29) is 0 Å². The van der Waals surface area contributed by atoms with Crippen molar-refractivity contribution in [3.8, 4) is 0 Å². The van der Waals surface area contributed by atoms with Gasteiger partial charge in [0.05, 0.1) is 0 Å². The third-order valence-corrected chi connectivity index (χ3v) is 6.50.